The number of methoxy groups -OCH3 is 1. The number of hydrogen-bond acceptors (Lipinski definition) is 6. The molecule has 1 amide bonds. The zero-order chi connectivity index (χ0) is 11.5. The van der Waals surface area contributed by atoms with E-state index in [4.69, 9.17) is 15.0 Å². The van der Waals surface area contributed by atoms with Crippen molar-refractivity contribution in [3.63, 3.8) is 0 Å². The number of aromatic nitrogens is 2. The second-order valence-corrected chi connectivity index (χ2v) is 3.76. The average Bonchev–Trinajstić information content (AvgIpc) is 2.83. The maximum atomic E-state index is 11.2. The van der Waals surface area contributed by atoms with Gasteiger partial charge in [-0.25, -0.2) is 0 Å². The molecule has 1 fully saturated rings. The summed E-state index contributed by atoms with van der Waals surface area (Å²) in [6, 6.07) is 0. The molecule has 1 saturated heterocycles. The van der Waals surface area contributed by atoms with Gasteiger partial charge in [0, 0.05) is 20.2 Å². The molecule has 88 valence electrons. The molecule has 1 aromatic rings. The molecule has 2 heterocycles. The molecule has 7 nitrogen and oxygen atoms in total. The van der Waals surface area contributed by atoms with Crippen molar-refractivity contribution < 1.29 is 14.1 Å². The smallest absolute Gasteiger partial charge is 0.231 e. The van der Waals surface area contributed by atoms with Crippen LogP contribution in [-0.2, 0) is 16.1 Å². The van der Waals surface area contributed by atoms with Gasteiger partial charge in [0.1, 0.15) is 6.61 Å². The van der Waals surface area contributed by atoms with E-state index in [1.54, 1.807) is 7.11 Å². The molecule has 1 aliphatic rings. The number of hydrogen-bond donors (Lipinski definition) is 2. The van der Waals surface area contributed by atoms with E-state index in [1.165, 1.54) is 0 Å². The molecule has 0 bridgehead atoms. The van der Waals surface area contributed by atoms with Crippen molar-refractivity contribution >= 4 is 5.91 Å². The Kier molecular flexibility index (Phi) is 3.16. The highest BCUT2D eigenvalue weighted by Gasteiger charge is 2.36. The van der Waals surface area contributed by atoms with Crippen LogP contribution in [-0.4, -0.2) is 36.2 Å². The molecule has 0 radical (unpaired) electrons. The number of carbonyl (C=O) groups excluding carboxylic acids is 1. The quantitative estimate of drug-likeness (QED) is 0.682. The molecule has 1 aliphatic heterocycles. The number of primary amides is 1. The lowest BCUT2D eigenvalue weighted by Gasteiger charge is -2.09. The van der Waals surface area contributed by atoms with E-state index >= 15 is 0 Å². The Bertz CT molecular complexity index is 379. The Morgan fingerprint density at radius 3 is 3.19 bits per heavy atom. The van der Waals surface area contributed by atoms with Crippen LogP contribution < -0.4 is 11.1 Å². The lowest BCUT2D eigenvalue weighted by Crippen LogP contribution is -2.28. The third-order valence-corrected chi connectivity index (χ3v) is 2.65. The van der Waals surface area contributed by atoms with Gasteiger partial charge in [-0.2, -0.15) is 4.98 Å². The second-order valence-electron chi connectivity index (χ2n) is 3.76. The van der Waals surface area contributed by atoms with Crippen LogP contribution >= 0.6 is 0 Å². The minimum absolute atomic E-state index is 0.129. The van der Waals surface area contributed by atoms with E-state index in [0.29, 0.717) is 31.4 Å². The predicted molar refractivity (Wildman–Crippen MR) is 53.3 cm³/mol. The summed E-state index contributed by atoms with van der Waals surface area (Å²) in [5.74, 6) is 0.168. The first-order valence-corrected chi connectivity index (χ1v) is 5.04. The van der Waals surface area contributed by atoms with E-state index in [9.17, 15) is 4.79 Å². The first kappa shape index (κ1) is 11.0. The van der Waals surface area contributed by atoms with Crippen LogP contribution in [0, 0.1) is 5.92 Å². The predicted octanol–water partition coefficient (Wildman–Crippen LogP) is -0.996. The van der Waals surface area contributed by atoms with Crippen LogP contribution in [0.2, 0.25) is 0 Å². The molecule has 0 spiro atoms. The number of carbonyl (C=O) groups is 1. The molecule has 1 aromatic heterocycles. The van der Waals surface area contributed by atoms with Crippen molar-refractivity contribution in [2.75, 3.05) is 20.2 Å². The number of amides is 1. The molecule has 3 N–H and O–H groups in total. The van der Waals surface area contributed by atoms with Gasteiger partial charge in [-0.15, -0.1) is 0 Å². The normalized spacial score (nSPS) is 24.8. The summed E-state index contributed by atoms with van der Waals surface area (Å²) < 4.78 is 9.98. The fourth-order valence-corrected chi connectivity index (χ4v) is 1.84. The summed E-state index contributed by atoms with van der Waals surface area (Å²) in [5, 5.41) is 6.84. The zero-order valence-corrected chi connectivity index (χ0v) is 8.97. The molecular weight excluding hydrogens is 212 g/mol. The summed E-state index contributed by atoms with van der Waals surface area (Å²) in [6.07, 6.45) is 0. The number of rotatable bonds is 4. The Hall–Kier alpha value is -1.47. The highest BCUT2D eigenvalue weighted by Crippen LogP contribution is 2.26. The monoisotopic (exact) mass is 226 g/mol. The first-order valence-electron chi connectivity index (χ1n) is 5.04. The van der Waals surface area contributed by atoms with Gasteiger partial charge >= 0.3 is 0 Å². The SMILES string of the molecule is COCc1noc(C2CNCC2C(N)=O)n1. The standard InChI is InChI=1S/C9H14N4O3/c1-15-4-7-12-9(16-13-7)6-3-11-2-5(6)8(10)14/h5-6,11H,2-4H2,1H3,(H2,10,14). The van der Waals surface area contributed by atoms with Gasteiger partial charge in [-0.1, -0.05) is 5.16 Å². The van der Waals surface area contributed by atoms with Crippen LogP contribution in [0.1, 0.15) is 17.6 Å². The molecule has 2 unspecified atom stereocenters. The molecular formula is C9H14N4O3. The van der Waals surface area contributed by atoms with Crippen molar-refractivity contribution in [3.05, 3.63) is 11.7 Å². The van der Waals surface area contributed by atoms with Crippen molar-refractivity contribution in [2.45, 2.75) is 12.5 Å². The van der Waals surface area contributed by atoms with E-state index in [-0.39, 0.29) is 17.7 Å². The summed E-state index contributed by atoms with van der Waals surface area (Å²) in [6.45, 7) is 1.48. The summed E-state index contributed by atoms with van der Waals surface area (Å²) >= 11 is 0. The highest BCUT2D eigenvalue weighted by molar-refractivity contribution is 5.78. The minimum atomic E-state index is -0.346. The minimum Gasteiger partial charge on any atom is -0.377 e. The number of ether oxygens (including phenoxy) is 1. The van der Waals surface area contributed by atoms with Crippen LogP contribution in [0.15, 0.2) is 4.52 Å². The van der Waals surface area contributed by atoms with E-state index in [0.717, 1.165) is 0 Å². The lowest BCUT2D eigenvalue weighted by atomic mass is 9.95. The van der Waals surface area contributed by atoms with Gasteiger partial charge in [-0.3, -0.25) is 4.79 Å². The number of nitrogens with one attached hydrogen (secondary N) is 1. The third kappa shape index (κ3) is 2.05. The largest absolute Gasteiger partial charge is 0.377 e. The second kappa shape index (κ2) is 4.58. The van der Waals surface area contributed by atoms with Gasteiger partial charge in [0.05, 0.1) is 11.8 Å². The van der Waals surface area contributed by atoms with E-state index in [1.807, 2.05) is 0 Å². The molecule has 0 aromatic carbocycles. The maximum absolute atomic E-state index is 11.2. The maximum Gasteiger partial charge on any atom is 0.231 e. The fourth-order valence-electron chi connectivity index (χ4n) is 1.84. The summed E-state index contributed by atoms with van der Waals surface area (Å²) in [4.78, 5) is 15.3. The first-order chi connectivity index (χ1) is 7.72. The van der Waals surface area contributed by atoms with Crippen molar-refractivity contribution in [2.24, 2.45) is 11.7 Å². The molecule has 7 heteroatoms. The van der Waals surface area contributed by atoms with Crippen molar-refractivity contribution in [1.29, 1.82) is 0 Å². The Morgan fingerprint density at radius 2 is 2.50 bits per heavy atom. The van der Waals surface area contributed by atoms with Crippen molar-refractivity contribution in [1.82, 2.24) is 15.5 Å². The average molecular weight is 226 g/mol. The van der Waals surface area contributed by atoms with Crippen LogP contribution in [0.3, 0.4) is 0 Å². The molecule has 2 atom stereocenters. The molecule has 0 aliphatic carbocycles. The van der Waals surface area contributed by atoms with Gasteiger partial charge < -0.3 is 20.3 Å². The van der Waals surface area contributed by atoms with Crippen LogP contribution in [0.4, 0.5) is 0 Å². The van der Waals surface area contributed by atoms with Gasteiger partial charge in [-0.05, 0) is 0 Å². The fraction of sp³-hybridized carbons (Fsp3) is 0.667. The molecule has 0 saturated carbocycles. The van der Waals surface area contributed by atoms with Gasteiger partial charge in [0.15, 0.2) is 5.82 Å². The van der Waals surface area contributed by atoms with E-state index in [2.05, 4.69) is 15.5 Å². The number of nitrogens with two attached hydrogens (primary N) is 1. The third-order valence-electron chi connectivity index (χ3n) is 2.65. The van der Waals surface area contributed by atoms with Crippen LogP contribution in [0.25, 0.3) is 0 Å². The Labute approximate surface area is 92.3 Å². The lowest BCUT2D eigenvalue weighted by molar-refractivity contribution is -0.121. The van der Waals surface area contributed by atoms with Gasteiger partial charge in [0.2, 0.25) is 11.8 Å². The topological polar surface area (TPSA) is 103 Å². The highest BCUT2D eigenvalue weighted by atomic mass is 16.5. The zero-order valence-electron chi connectivity index (χ0n) is 8.97. The molecule has 16 heavy (non-hydrogen) atoms. The Balaban J connectivity index is 2.13. The summed E-state index contributed by atoms with van der Waals surface area (Å²) in [7, 11) is 1.55. The van der Waals surface area contributed by atoms with Crippen LogP contribution in [0.5, 0.6) is 0 Å². The van der Waals surface area contributed by atoms with Gasteiger partial charge in [0.25, 0.3) is 0 Å². The van der Waals surface area contributed by atoms with Crippen molar-refractivity contribution in [3.8, 4) is 0 Å². The molecule has 2 rings (SSSR count). The number of nitrogens with zero attached hydrogens (tertiary/aromatic N) is 2. The summed E-state index contributed by atoms with van der Waals surface area (Å²) in [5.41, 5.74) is 5.30. The van der Waals surface area contributed by atoms with E-state index < -0.39 is 0 Å². The Morgan fingerprint density at radius 1 is 1.69 bits per heavy atom.